The molecule has 0 aliphatic heterocycles. The fourth-order valence-corrected chi connectivity index (χ4v) is 10.6. The fraction of sp³-hybridized carbons (Fsp3) is 0.553. The van der Waals surface area contributed by atoms with E-state index >= 15 is 0 Å². The van der Waals surface area contributed by atoms with E-state index in [0.717, 1.165) is 48.8 Å². The molecule has 3 aromatic carbocycles. The van der Waals surface area contributed by atoms with Crippen LogP contribution in [0.25, 0.3) is 0 Å². The van der Waals surface area contributed by atoms with Crippen LogP contribution < -0.4 is 22.5 Å². The number of nitrogens with zero attached hydrogens (tertiary/aromatic N) is 3. The van der Waals surface area contributed by atoms with Gasteiger partial charge in [-0.3, -0.25) is 19.3 Å². The molecule has 0 spiro atoms. The third-order valence-corrected chi connectivity index (χ3v) is 12.8. The number of unbranched alkanes of at least 4 members (excludes halogenated alkanes) is 1. The van der Waals surface area contributed by atoms with Crippen LogP contribution in [-0.2, 0) is 33.9 Å². The number of rotatable bonds is 23. The molecule has 4 bridgehead atoms. The Balaban J connectivity index is 1.29. The number of carbonyl (C=O) groups excluding carboxylic acids is 3. The van der Waals surface area contributed by atoms with Gasteiger partial charge in [-0.15, -0.1) is 0 Å². The minimum absolute atomic E-state index is 0.00188. The average molecular weight is 778 g/mol. The topological polar surface area (TPSA) is 151 Å². The minimum atomic E-state index is -0.438. The molecule has 10 heteroatoms. The number of nitrogens with one attached hydrogen (secondary N) is 1. The van der Waals surface area contributed by atoms with Crippen LogP contribution in [0.2, 0.25) is 0 Å². The quantitative estimate of drug-likeness (QED) is 0.0980. The van der Waals surface area contributed by atoms with Gasteiger partial charge in [-0.05, 0) is 104 Å². The summed E-state index contributed by atoms with van der Waals surface area (Å²) in [7, 11) is 0. The Kier molecular flexibility index (Phi) is 15.7. The van der Waals surface area contributed by atoms with Gasteiger partial charge in [-0.2, -0.15) is 0 Å². The zero-order chi connectivity index (χ0) is 40.0. The third-order valence-electron chi connectivity index (χ3n) is 12.8. The summed E-state index contributed by atoms with van der Waals surface area (Å²) in [5, 5.41) is 3.40. The van der Waals surface area contributed by atoms with Crippen molar-refractivity contribution >= 4 is 17.7 Å². The molecule has 0 unspecified atom stereocenters. The molecule has 0 aromatic heterocycles. The summed E-state index contributed by atoms with van der Waals surface area (Å²) < 4.78 is 0. The van der Waals surface area contributed by atoms with Gasteiger partial charge in [-0.25, -0.2) is 0 Å². The van der Waals surface area contributed by atoms with E-state index in [0.29, 0.717) is 82.8 Å². The molecule has 4 fully saturated rings. The predicted molar refractivity (Wildman–Crippen MR) is 227 cm³/mol. The van der Waals surface area contributed by atoms with E-state index in [-0.39, 0.29) is 36.2 Å². The maximum atomic E-state index is 15.0. The molecule has 0 heterocycles. The van der Waals surface area contributed by atoms with Crippen LogP contribution in [0, 0.1) is 23.2 Å². The second-order valence-corrected chi connectivity index (χ2v) is 17.4. The van der Waals surface area contributed by atoms with Gasteiger partial charge in [0.05, 0.1) is 18.6 Å². The highest BCUT2D eigenvalue weighted by atomic mass is 16.2. The van der Waals surface area contributed by atoms with E-state index in [2.05, 4.69) is 22.3 Å². The van der Waals surface area contributed by atoms with Crippen LogP contribution in [0.3, 0.4) is 0 Å². The van der Waals surface area contributed by atoms with Gasteiger partial charge in [0, 0.05) is 52.2 Å². The van der Waals surface area contributed by atoms with Gasteiger partial charge in [0.1, 0.15) is 0 Å². The van der Waals surface area contributed by atoms with Gasteiger partial charge >= 0.3 is 0 Å². The number of hydrogen-bond acceptors (Lipinski definition) is 7. The molecule has 4 saturated carbocycles. The molecule has 2 atom stereocenters. The Morgan fingerprint density at radius 2 is 1.16 bits per heavy atom. The fourth-order valence-electron chi connectivity index (χ4n) is 10.6. The van der Waals surface area contributed by atoms with Crippen LogP contribution in [0.1, 0.15) is 80.9 Å². The average Bonchev–Trinajstić information content (AvgIpc) is 3.19. The second kappa shape index (κ2) is 21.1. The second-order valence-electron chi connectivity index (χ2n) is 17.4. The van der Waals surface area contributed by atoms with Crippen molar-refractivity contribution in [1.82, 2.24) is 20.0 Å². The van der Waals surface area contributed by atoms with Crippen LogP contribution >= 0.6 is 0 Å². The Morgan fingerprint density at radius 1 is 0.649 bits per heavy atom. The van der Waals surface area contributed by atoms with E-state index in [1.807, 2.05) is 83.8 Å². The highest BCUT2D eigenvalue weighted by Gasteiger charge is 2.52. The van der Waals surface area contributed by atoms with Crippen molar-refractivity contribution in [2.75, 3.05) is 45.8 Å². The Labute approximate surface area is 340 Å². The van der Waals surface area contributed by atoms with Crippen LogP contribution in [0.15, 0.2) is 91.0 Å². The molecule has 308 valence electrons. The lowest BCUT2D eigenvalue weighted by atomic mass is 9.49. The molecule has 10 nitrogen and oxygen atoms in total. The SMILES string of the molecule is NCCCC[C@@H](C(=O)N[C@@H](Cc1ccccc1)CN(CC(=O)N(Cc1ccccc1)Cc1ccccc1)C(=O)C[C@]12CC3C[C@H](C[C@H](C3)C1)C2)N(CCN)CCN. The zero-order valence-electron chi connectivity index (χ0n) is 34.0. The maximum absolute atomic E-state index is 15.0. The molecule has 7 N–H and O–H groups in total. The van der Waals surface area contributed by atoms with Crippen molar-refractivity contribution in [1.29, 1.82) is 0 Å². The van der Waals surface area contributed by atoms with Gasteiger partial charge in [0.15, 0.2) is 0 Å². The lowest BCUT2D eigenvalue weighted by Crippen LogP contribution is -2.56. The van der Waals surface area contributed by atoms with Crippen LogP contribution in [0.5, 0.6) is 0 Å². The summed E-state index contributed by atoms with van der Waals surface area (Å²) in [6.45, 7) is 3.49. The van der Waals surface area contributed by atoms with E-state index in [4.69, 9.17) is 17.2 Å². The zero-order valence-corrected chi connectivity index (χ0v) is 34.0. The standard InChI is InChI=1S/C47H67N7O3/c48-19-11-10-18-43(52(22-20-49)23-21-50)46(57)51-42(27-36-12-4-1-5-13-36)34-54(44(55)31-47-28-39-24-40(29-47)26-41(25-39)30-47)35-45(56)53(32-37-14-6-2-7-15-37)33-38-16-8-3-9-17-38/h1-9,12-17,39-43H,10-11,18-35,48-50H2,(H,51,57)/t39-,40+,41?,42-,43-,47-/m0/s1. The van der Waals surface area contributed by atoms with E-state index in [1.165, 1.54) is 19.3 Å². The molecule has 4 aliphatic rings. The van der Waals surface area contributed by atoms with Gasteiger partial charge in [-0.1, -0.05) is 97.4 Å². The number of benzene rings is 3. The molecule has 3 amide bonds. The Hall–Kier alpha value is -4.09. The first-order chi connectivity index (χ1) is 27.8. The number of carbonyl (C=O) groups is 3. The van der Waals surface area contributed by atoms with Crippen molar-refractivity contribution < 1.29 is 14.4 Å². The van der Waals surface area contributed by atoms with Crippen LogP contribution in [-0.4, -0.2) is 90.3 Å². The third kappa shape index (κ3) is 12.2. The summed E-state index contributed by atoms with van der Waals surface area (Å²) in [5.41, 5.74) is 21.0. The van der Waals surface area contributed by atoms with Crippen molar-refractivity contribution in [3.8, 4) is 0 Å². The number of hydrogen-bond donors (Lipinski definition) is 4. The normalized spacial score (nSPS) is 21.9. The van der Waals surface area contributed by atoms with E-state index in [1.54, 1.807) is 4.90 Å². The lowest BCUT2D eigenvalue weighted by molar-refractivity contribution is -0.146. The van der Waals surface area contributed by atoms with Gasteiger partial charge in [0.25, 0.3) is 0 Å². The highest BCUT2D eigenvalue weighted by molar-refractivity contribution is 5.86. The first-order valence-corrected chi connectivity index (χ1v) is 21.6. The van der Waals surface area contributed by atoms with Crippen molar-refractivity contribution in [2.24, 2.45) is 40.4 Å². The predicted octanol–water partition coefficient (Wildman–Crippen LogP) is 5.10. The minimum Gasteiger partial charge on any atom is -0.350 e. The smallest absolute Gasteiger partial charge is 0.242 e. The summed E-state index contributed by atoms with van der Waals surface area (Å²) >= 11 is 0. The molecule has 0 radical (unpaired) electrons. The molecular weight excluding hydrogens is 711 g/mol. The highest BCUT2D eigenvalue weighted by Crippen LogP contribution is 2.61. The summed E-state index contributed by atoms with van der Waals surface area (Å²) in [6.07, 6.45) is 10.4. The lowest BCUT2D eigenvalue weighted by Gasteiger charge is -2.57. The number of amides is 3. The Morgan fingerprint density at radius 3 is 1.65 bits per heavy atom. The van der Waals surface area contributed by atoms with E-state index in [9.17, 15) is 14.4 Å². The monoisotopic (exact) mass is 778 g/mol. The van der Waals surface area contributed by atoms with Crippen LogP contribution in [0.4, 0.5) is 0 Å². The summed E-state index contributed by atoms with van der Waals surface area (Å²) in [5.74, 6) is 1.92. The van der Waals surface area contributed by atoms with Crippen molar-refractivity contribution in [3.05, 3.63) is 108 Å². The largest absolute Gasteiger partial charge is 0.350 e. The number of nitrogens with two attached hydrogens (primary N) is 3. The molecule has 57 heavy (non-hydrogen) atoms. The van der Waals surface area contributed by atoms with E-state index < -0.39 is 12.1 Å². The van der Waals surface area contributed by atoms with Gasteiger partial charge < -0.3 is 32.3 Å². The molecule has 3 aromatic rings. The summed E-state index contributed by atoms with van der Waals surface area (Å²) in [4.78, 5) is 49.9. The molecule has 4 aliphatic carbocycles. The van der Waals surface area contributed by atoms with Gasteiger partial charge in [0.2, 0.25) is 17.7 Å². The first kappa shape index (κ1) is 42.5. The first-order valence-electron chi connectivity index (χ1n) is 21.6. The van der Waals surface area contributed by atoms with Crippen molar-refractivity contribution in [3.63, 3.8) is 0 Å². The Bertz CT molecular complexity index is 1610. The molecule has 7 rings (SSSR count). The summed E-state index contributed by atoms with van der Waals surface area (Å²) in [6, 6.07) is 29.3. The molecular formula is C47H67N7O3. The molecule has 0 saturated heterocycles. The van der Waals surface area contributed by atoms with Crippen molar-refractivity contribution in [2.45, 2.75) is 95.8 Å². The maximum Gasteiger partial charge on any atom is 0.242 e.